The van der Waals surface area contributed by atoms with Crippen LogP contribution in [0, 0.1) is 5.92 Å². The molecule has 1 atom stereocenters. The molecule has 0 N–H and O–H groups in total. The summed E-state index contributed by atoms with van der Waals surface area (Å²) in [6.07, 6.45) is -3.16. The SMILES string of the molecule is CC1Cc2ccccc2N1C(=O)C1CCN(S(=O)(=O)c2cccc(C(F)(F)F)c2)CC1. The Bertz CT molecular complexity index is 1090. The van der Waals surface area contributed by atoms with Gasteiger partial charge in [-0.25, -0.2) is 8.42 Å². The van der Waals surface area contributed by atoms with Crippen molar-refractivity contribution in [2.45, 2.75) is 43.3 Å². The second kappa shape index (κ2) is 7.94. The lowest BCUT2D eigenvalue weighted by Crippen LogP contribution is -2.46. The van der Waals surface area contributed by atoms with Gasteiger partial charge in [0.15, 0.2) is 0 Å². The number of alkyl halides is 3. The number of halogens is 3. The molecule has 1 amide bonds. The largest absolute Gasteiger partial charge is 0.416 e. The van der Waals surface area contributed by atoms with Crippen LogP contribution in [0.1, 0.15) is 30.9 Å². The maximum Gasteiger partial charge on any atom is 0.416 e. The summed E-state index contributed by atoms with van der Waals surface area (Å²) in [5.41, 5.74) is 1.02. The van der Waals surface area contributed by atoms with Crippen molar-refractivity contribution in [3.05, 3.63) is 59.7 Å². The van der Waals surface area contributed by atoms with Crippen molar-refractivity contribution in [2.24, 2.45) is 5.92 Å². The molecule has 0 aromatic heterocycles. The molecule has 1 saturated heterocycles. The summed E-state index contributed by atoms with van der Waals surface area (Å²) in [4.78, 5) is 14.6. The van der Waals surface area contributed by atoms with Crippen molar-refractivity contribution >= 4 is 21.6 Å². The average molecular weight is 452 g/mol. The number of piperidine rings is 1. The van der Waals surface area contributed by atoms with E-state index in [9.17, 15) is 26.4 Å². The Morgan fingerprint density at radius 2 is 1.71 bits per heavy atom. The number of benzene rings is 2. The van der Waals surface area contributed by atoms with Gasteiger partial charge in [0.25, 0.3) is 0 Å². The number of rotatable bonds is 3. The summed E-state index contributed by atoms with van der Waals surface area (Å²) in [5.74, 6) is -0.338. The molecular weight excluding hydrogens is 429 g/mol. The third-order valence-corrected chi connectivity index (χ3v) is 7.94. The number of hydrogen-bond donors (Lipinski definition) is 0. The first-order valence-electron chi connectivity index (χ1n) is 10.2. The van der Waals surface area contributed by atoms with E-state index in [1.807, 2.05) is 31.2 Å². The molecule has 4 rings (SSSR count). The van der Waals surface area contributed by atoms with Gasteiger partial charge in [-0.3, -0.25) is 4.79 Å². The molecule has 1 fully saturated rings. The van der Waals surface area contributed by atoms with E-state index < -0.39 is 21.8 Å². The summed E-state index contributed by atoms with van der Waals surface area (Å²) >= 11 is 0. The molecule has 0 spiro atoms. The van der Waals surface area contributed by atoms with Crippen LogP contribution in [-0.4, -0.2) is 37.8 Å². The van der Waals surface area contributed by atoms with E-state index in [-0.39, 0.29) is 35.9 Å². The first-order valence-corrected chi connectivity index (χ1v) is 11.6. The topological polar surface area (TPSA) is 57.7 Å². The molecule has 2 aliphatic heterocycles. The van der Waals surface area contributed by atoms with Gasteiger partial charge in [-0.1, -0.05) is 24.3 Å². The Hall–Kier alpha value is -2.39. The lowest BCUT2D eigenvalue weighted by molar-refractivity contribution is -0.137. The van der Waals surface area contributed by atoms with Crippen molar-refractivity contribution < 1.29 is 26.4 Å². The lowest BCUT2D eigenvalue weighted by Gasteiger charge is -2.34. The van der Waals surface area contributed by atoms with Gasteiger partial charge < -0.3 is 4.90 Å². The quantitative estimate of drug-likeness (QED) is 0.705. The molecule has 0 aliphatic carbocycles. The summed E-state index contributed by atoms with van der Waals surface area (Å²) < 4.78 is 65.8. The number of sulfonamides is 1. The normalized spacial score (nSPS) is 20.6. The first kappa shape index (κ1) is 21.8. The van der Waals surface area contributed by atoms with Gasteiger partial charge in [0.2, 0.25) is 15.9 Å². The highest BCUT2D eigenvalue weighted by Gasteiger charge is 2.39. The molecule has 2 aliphatic rings. The van der Waals surface area contributed by atoms with Crippen LogP contribution in [0.15, 0.2) is 53.4 Å². The van der Waals surface area contributed by atoms with Crippen LogP contribution in [0.4, 0.5) is 18.9 Å². The minimum atomic E-state index is -4.62. The number of anilines is 1. The summed E-state index contributed by atoms with van der Waals surface area (Å²) in [5, 5.41) is 0. The third kappa shape index (κ3) is 4.08. The van der Waals surface area contributed by atoms with Crippen LogP contribution in [0.25, 0.3) is 0 Å². The van der Waals surface area contributed by atoms with Gasteiger partial charge in [0, 0.05) is 30.7 Å². The maximum atomic E-state index is 13.2. The van der Waals surface area contributed by atoms with Crippen molar-refractivity contribution in [1.29, 1.82) is 0 Å². The fourth-order valence-electron chi connectivity index (χ4n) is 4.42. The first-order chi connectivity index (χ1) is 14.6. The van der Waals surface area contributed by atoms with E-state index in [4.69, 9.17) is 0 Å². The molecule has 9 heteroatoms. The monoisotopic (exact) mass is 452 g/mol. The minimum Gasteiger partial charge on any atom is -0.309 e. The second-order valence-electron chi connectivity index (χ2n) is 8.09. The number of carbonyl (C=O) groups is 1. The molecule has 31 heavy (non-hydrogen) atoms. The number of hydrogen-bond acceptors (Lipinski definition) is 3. The van der Waals surface area contributed by atoms with Gasteiger partial charge >= 0.3 is 6.18 Å². The Kier molecular flexibility index (Phi) is 5.59. The van der Waals surface area contributed by atoms with E-state index in [0.717, 1.165) is 29.8 Å². The molecule has 2 aromatic rings. The van der Waals surface area contributed by atoms with E-state index >= 15 is 0 Å². The van der Waals surface area contributed by atoms with Crippen molar-refractivity contribution in [3.63, 3.8) is 0 Å². The van der Waals surface area contributed by atoms with Crippen LogP contribution >= 0.6 is 0 Å². The van der Waals surface area contributed by atoms with E-state index in [0.29, 0.717) is 18.9 Å². The fraction of sp³-hybridized carbons (Fsp3) is 0.409. The van der Waals surface area contributed by atoms with Gasteiger partial charge in [-0.2, -0.15) is 17.5 Å². The van der Waals surface area contributed by atoms with Crippen LogP contribution in [-0.2, 0) is 27.4 Å². The second-order valence-corrected chi connectivity index (χ2v) is 10.0. The lowest BCUT2D eigenvalue weighted by atomic mass is 9.96. The molecule has 166 valence electrons. The summed E-state index contributed by atoms with van der Waals surface area (Å²) in [7, 11) is -4.06. The highest BCUT2D eigenvalue weighted by atomic mass is 32.2. The minimum absolute atomic E-state index is 0.0198. The Balaban J connectivity index is 1.47. The summed E-state index contributed by atoms with van der Waals surface area (Å²) in [6, 6.07) is 11.6. The fourth-order valence-corrected chi connectivity index (χ4v) is 5.94. The zero-order valence-electron chi connectivity index (χ0n) is 17.0. The van der Waals surface area contributed by atoms with Crippen LogP contribution in [0.3, 0.4) is 0 Å². The molecule has 0 saturated carbocycles. The number of nitrogens with zero attached hydrogens (tertiary/aromatic N) is 2. The summed E-state index contributed by atoms with van der Waals surface area (Å²) in [6.45, 7) is 2.18. The predicted molar refractivity (Wildman–Crippen MR) is 110 cm³/mol. The van der Waals surface area contributed by atoms with E-state index in [2.05, 4.69) is 0 Å². The Morgan fingerprint density at radius 3 is 2.39 bits per heavy atom. The molecular formula is C22H23F3N2O3S. The van der Waals surface area contributed by atoms with Crippen LogP contribution in [0.5, 0.6) is 0 Å². The number of para-hydroxylation sites is 1. The zero-order valence-corrected chi connectivity index (χ0v) is 17.8. The standard InChI is InChI=1S/C22H23F3N2O3S/c1-15-13-17-5-2-3-8-20(17)27(15)21(28)16-9-11-26(12-10-16)31(29,30)19-7-4-6-18(14-19)22(23,24)25/h2-8,14-16H,9-13H2,1H3. The van der Waals surface area contributed by atoms with Gasteiger partial charge in [0.05, 0.1) is 10.5 Å². The maximum absolute atomic E-state index is 13.2. The number of amides is 1. The zero-order chi connectivity index (χ0) is 22.4. The van der Waals surface area contributed by atoms with Gasteiger partial charge in [-0.15, -0.1) is 0 Å². The average Bonchev–Trinajstić information content (AvgIpc) is 3.08. The molecule has 5 nitrogen and oxygen atoms in total. The number of carbonyl (C=O) groups excluding carboxylic acids is 1. The van der Waals surface area contributed by atoms with Gasteiger partial charge in [-0.05, 0) is 56.0 Å². The van der Waals surface area contributed by atoms with E-state index in [1.54, 1.807) is 4.90 Å². The predicted octanol–water partition coefficient (Wildman–Crippen LogP) is 4.08. The Labute approximate surface area is 179 Å². The number of fused-ring (bicyclic) bond motifs is 1. The third-order valence-electron chi connectivity index (χ3n) is 6.05. The molecule has 0 radical (unpaired) electrons. The molecule has 2 heterocycles. The van der Waals surface area contributed by atoms with Crippen molar-refractivity contribution in [1.82, 2.24) is 4.31 Å². The van der Waals surface area contributed by atoms with Crippen molar-refractivity contribution in [3.8, 4) is 0 Å². The van der Waals surface area contributed by atoms with Crippen LogP contribution < -0.4 is 4.90 Å². The Morgan fingerprint density at radius 1 is 1.03 bits per heavy atom. The molecule has 2 aromatic carbocycles. The van der Waals surface area contributed by atoms with Crippen LogP contribution in [0.2, 0.25) is 0 Å². The molecule has 0 bridgehead atoms. The highest BCUT2D eigenvalue weighted by molar-refractivity contribution is 7.89. The smallest absolute Gasteiger partial charge is 0.309 e. The van der Waals surface area contributed by atoms with Crippen molar-refractivity contribution in [2.75, 3.05) is 18.0 Å². The molecule has 1 unspecified atom stereocenters. The van der Waals surface area contributed by atoms with E-state index in [1.165, 1.54) is 10.4 Å². The van der Waals surface area contributed by atoms with Gasteiger partial charge in [0.1, 0.15) is 0 Å². The highest BCUT2D eigenvalue weighted by Crippen LogP contribution is 2.36.